The van der Waals surface area contributed by atoms with Crippen LogP contribution in [0.15, 0.2) is 0 Å². The van der Waals surface area contributed by atoms with Crippen LogP contribution in [0.25, 0.3) is 0 Å². The highest BCUT2D eigenvalue weighted by Gasteiger charge is 2.20. The van der Waals surface area contributed by atoms with Crippen molar-refractivity contribution in [1.82, 2.24) is 15.0 Å². The molecule has 7 heteroatoms. The first-order valence-electron chi connectivity index (χ1n) is 6.66. The second kappa shape index (κ2) is 6.34. The van der Waals surface area contributed by atoms with Gasteiger partial charge in [-0.2, -0.15) is 15.0 Å². The first-order chi connectivity index (χ1) is 9.11. The summed E-state index contributed by atoms with van der Waals surface area (Å²) in [5, 5.41) is 9.34. The molecule has 19 heavy (non-hydrogen) atoms. The third kappa shape index (κ3) is 3.45. The maximum atomic E-state index is 9.14. The smallest absolute Gasteiger partial charge is 0.231 e. The standard InChI is InChI=1S/C12H20ClN5O/c1-9(2)18(7-8-19)12-15-10(13)14-11(16-12)17-5-3-4-6-17/h9,19H,3-8H2,1-2H3. The summed E-state index contributed by atoms with van der Waals surface area (Å²) in [5.74, 6) is 1.17. The Bertz CT molecular complexity index is 423. The first-order valence-corrected chi connectivity index (χ1v) is 7.03. The summed E-state index contributed by atoms with van der Waals surface area (Å²) in [6, 6.07) is 0.192. The van der Waals surface area contributed by atoms with Crippen LogP contribution in [0.5, 0.6) is 0 Å². The van der Waals surface area contributed by atoms with Crippen LogP contribution in [0.3, 0.4) is 0 Å². The van der Waals surface area contributed by atoms with E-state index in [1.165, 1.54) is 0 Å². The summed E-state index contributed by atoms with van der Waals surface area (Å²) in [6.45, 7) is 6.52. The van der Waals surface area contributed by atoms with Gasteiger partial charge in [0.05, 0.1) is 6.61 Å². The lowest BCUT2D eigenvalue weighted by Crippen LogP contribution is -2.35. The van der Waals surface area contributed by atoms with Gasteiger partial charge in [0.1, 0.15) is 0 Å². The SMILES string of the molecule is CC(C)N(CCO)c1nc(Cl)nc(N2CCCC2)n1. The topological polar surface area (TPSA) is 65.4 Å². The zero-order valence-electron chi connectivity index (χ0n) is 11.4. The molecule has 1 aromatic heterocycles. The molecule has 0 aromatic carbocycles. The average molecular weight is 286 g/mol. The zero-order chi connectivity index (χ0) is 13.8. The highest BCUT2D eigenvalue weighted by molar-refractivity contribution is 6.28. The molecule has 6 nitrogen and oxygen atoms in total. The van der Waals surface area contributed by atoms with Gasteiger partial charge in [0.2, 0.25) is 17.2 Å². The van der Waals surface area contributed by atoms with Gasteiger partial charge in [-0.1, -0.05) is 0 Å². The Labute approximate surface area is 118 Å². The summed E-state index contributed by atoms with van der Waals surface area (Å²) in [7, 11) is 0. The van der Waals surface area contributed by atoms with Gasteiger partial charge in [0.15, 0.2) is 0 Å². The number of rotatable bonds is 5. The van der Waals surface area contributed by atoms with Crippen LogP contribution >= 0.6 is 11.6 Å². The molecule has 0 saturated carbocycles. The van der Waals surface area contributed by atoms with Crippen molar-refractivity contribution in [2.24, 2.45) is 0 Å². The van der Waals surface area contributed by atoms with E-state index in [9.17, 15) is 0 Å². The Kier molecular flexibility index (Phi) is 4.76. The van der Waals surface area contributed by atoms with Crippen LogP contribution in [0.1, 0.15) is 26.7 Å². The van der Waals surface area contributed by atoms with Gasteiger partial charge in [-0.25, -0.2) is 0 Å². The van der Waals surface area contributed by atoms with Crippen LogP contribution in [0.4, 0.5) is 11.9 Å². The Hall–Kier alpha value is -1.14. The highest BCUT2D eigenvalue weighted by atomic mass is 35.5. The molecule has 0 unspecified atom stereocenters. The zero-order valence-corrected chi connectivity index (χ0v) is 12.1. The van der Waals surface area contributed by atoms with Crippen molar-refractivity contribution in [2.75, 3.05) is 36.0 Å². The molecule has 0 aliphatic carbocycles. The van der Waals surface area contributed by atoms with E-state index in [1.54, 1.807) is 0 Å². The molecule has 0 bridgehead atoms. The van der Waals surface area contributed by atoms with Gasteiger partial charge in [-0.3, -0.25) is 0 Å². The molecule has 1 aliphatic heterocycles. The van der Waals surface area contributed by atoms with Crippen molar-refractivity contribution in [3.05, 3.63) is 5.28 Å². The predicted molar refractivity (Wildman–Crippen MR) is 75.9 cm³/mol. The van der Waals surface area contributed by atoms with Gasteiger partial charge >= 0.3 is 0 Å². The normalized spacial score (nSPS) is 15.3. The molecule has 2 heterocycles. The molecular weight excluding hydrogens is 266 g/mol. The fraction of sp³-hybridized carbons (Fsp3) is 0.750. The van der Waals surface area contributed by atoms with Crippen molar-refractivity contribution in [1.29, 1.82) is 0 Å². The van der Waals surface area contributed by atoms with Crippen LogP contribution < -0.4 is 9.80 Å². The van der Waals surface area contributed by atoms with Gasteiger partial charge < -0.3 is 14.9 Å². The van der Waals surface area contributed by atoms with Gasteiger partial charge in [-0.05, 0) is 38.3 Å². The first kappa shape index (κ1) is 14.3. The second-order valence-electron chi connectivity index (χ2n) is 4.91. The maximum Gasteiger partial charge on any atom is 0.231 e. The molecule has 1 aromatic rings. The monoisotopic (exact) mass is 285 g/mol. The van der Waals surface area contributed by atoms with Gasteiger partial charge in [0.25, 0.3) is 0 Å². The summed E-state index contributed by atoms with van der Waals surface area (Å²) in [4.78, 5) is 16.9. The lowest BCUT2D eigenvalue weighted by molar-refractivity contribution is 0.298. The predicted octanol–water partition coefficient (Wildman–Crippen LogP) is 1.33. The molecule has 1 N–H and O–H groups in total. The third-order valence-electron chi connectivity index (χ3n) is 3.19. The molecule has 0 spiro atoms. The minimum absolute atomic E-state index is 0.0561. The van der Waals surface area contributed by atoms with Crippen molar-refractivity contribution in [3.8, 4) is 0 Å². The third-order valence-corrected chi connectivity index (χ3v) is 3.36. The van der Waals surface area contributed by atoms with Crippen LogP contribution in [0, 0.1) is 0 Å². The highest BCUT2D eigenvalue weighted by Crippen LogP contribution is 2.21. The number of hydrogen-bond acceptors (Lipinski definition) is 6. The molecule has 0 amide bonds. The fourth-order valence-corrected chi connectivity index (χ4v) is 2.36. The summed E-state index contributed by atoms with van der Waals surface area (Å²) < 4.78 is 0. The Balaban J connectivity index is 2.28. The van der Waals surface area contributed by atoms with E-state index >= 15 is 0 Å². The summed E-state index contributed by atoms with van der Waals surface area (Å²) in [6.07, 6.45) is 2.31. The van der Waals surface area contributed by atoms with Gasteiger partial charge in [0, 0.05) is 25.7 Å². The quantitative estimate of drug-likeness (QED) is 0.880. The lowest BCUT2D eigenvalue weighted by Gasteiger charge is -2.26. The Morgan fingerprint density at radius 1 is 1.26 bits per heavy atom. The molecular formula is C12H20ClN5O. The summed E-state index contributed by atoms with van der Waals surface area (Å²) >= 11 is 6.00. The number of hydrogen-bond donors (Lipinski definition) is 1. The second-order valence-corrected chi connectivity index (χ2v) is 5.25. The minimum atomic E-state index is 0.0561. The molecule has 1 saturated heterocycles. The number of anilines is 2. The largest absolute Gasteiger partial charge is 0.395 e. The lowest BCUT2D eigenvalue weighted by atomic mass is 10.3. The molecule has 1 fully saturated rings. The maximum absolute atomic E-state index is 9.14. The van der Waals surface area contributed by atoms with E-state index in [0.717, 1.165) is 25.9 Å². The van der Waals surface area contributed by atoms with Gasteiger partial charge in [-0.15, -0.1) is 0 Å². The van der Waals surface area contributed by atoms with Crippen molar-refractivity contribution >= 4 is 23.5 Å². The summed E-state index contributed by atoms with van der Waals surface area (Å²) in [5.41, 5.74) is 0. The molecule has 0 atom stereocenters. The minimum Gasteiger partial charge on any atom is -0.395 e. The van der Waals surface area contributed by atoms with E-state index in [0.29, 0.717) is 18.4 Å². The number of nitrogens with zero attached hydrogens (tertiary/aromatic N) is 5. The van der Waals surface area contributed by atoms with E-state index in [1.807, 2.05) is 18.7 Å². The number of aliphatic hydroxyl groups is 1. The fourth-order valence-electron chi connectivity index (χ4n) is 2.21. The molecule has 106 valence electrons. The van der Waals surface area contributed by atoms with Crippen LogP contribution in [0.2, 0.25) is 5.28 Å². The average Bonchev–Trinajstić information content (AvgIpc) is 2.88. The van der Waals surface area contributed by atoms with Crippen molar-refractivity contribution in [2.45, 2.75) is 32.7 Å². The van der Waals surface area contributed by atoms with Crippen LogP contribution in [-0.4, -0.2) is 52.3 Å². The molecule has 2 rings (SSSR count). The van der Waals surface area contributed by atoms with E-state index < -0.39 is 0 Å². The number of aliphatic hydroxyl groups excluding tert-OH is 1. The molecule has 0 radical (unpaired) electrons. The number of aromatic nitrogens is 3. The Morgan fingerprint density at radius 3 is 2.53 bits per heavy atom. The van der Waals surface area contributed by atoms with E-state index in [2.05, 4.69) is 19.9 Å². The van der Waals surface area contributed by atoms with E-state index in [-0.39, 0.29) is 17.9 Å². The number of halogens is 1. The van der Waals surface area contributed by atoms with Crippen molar-refractivity contribution < 1.29 is 5.11 Å². The molecule has 1 aliphatic rings. The van der Waals surface area contributed by atoms with Crippen molar-refractivity contribution in [3.63, 3.8) is 0 Å². The van der Waals surface area contributed by atoms with E-state index in [4.69, 9.17) is 16.7 Å². The van der Waals surface area contributed by atoms with Crippen LogP contribution in [-0.2, 0) is 0 Å². The Morgan fingerprint density at radius 2 is 1.95 bits per heavy atom.